The first-order chi connectivity index (χ1) is 10.0. The number of methoxy groups -OCH3 is 1. The van der Waals surface area contributed by atoms with E-state index in [1.54, 1.807) is 12.1 Å². The number of nitrogens with zero attached hydrogens (tertiary/aromatic N) is 1. The number of furan rings is 1. The molecule has 0 saturated carbocycles. The molecule has 1 heterocycles. The van der Waals surface area contributed by atoms with Gasteiger partial charge in [-0.1, -0.05) is 0 Å². The van der Waals surface area contributed by atoms with Crippen molar-refractivity contribution < 1.29 is 23.6 Å². The van der Waals surface area contributed by atoms with E-state index in [-0.39, 0.29) is 18.0 Å². The largest absolute Gasteiger partial charge is 0.497 e. The highest BCUT2D eigenvalue weighted by atomic mass is 19.1. The smallest absolute Gasteiger partial charge is 0.327 e. The first kappa shape index (κ1) is 14.8. The second-order valence-electron chi connectivity index (χ2n) is 4.17. The van der Waals surface area contributed by atoms with Gasteiger partial charge >= 0.3 is 5.69 Å². The highest BCUT2D eigenvalue weighted by Gasteiger charge is 2.23. The minimum absolute atomic E-state index is 0.0811. The van der Waals surface area contributed by atoms with Crippen LogP contribution in [0.15, 0.2) is 34.9 Å². The number of ether oxygens (including phenoxy) is 1. The van der Waals surface area contributed by atoms with Crippen molar-refractivity contribution >= 4 is 11.4 Å². The molecule has 8 heteroatoms. The second kappa shape index (κ2) is 6.23. The summed E-state index contributed by atoms with van der Waals surface area (Å²) in [6, 6.07) is 5.38. The number of hydrogen-bond donors (Lipinski definition) is 2. The van der Waals surface area contributed by atoms with Crippen LogP contribution in [0.1, 0.15) is 11.9 Å². The minimum Gasteiger partial charge on any atom is -0.497 e. The lowest BCUT2D eigenvalue weighted by atomic mass is 10.2. The van der Waals surface area contributed by atoms with Gasteiger partial charge in [0.05, 0.1) is 18.3 Å². The monoisotopic (exact) mass is 296 g/mol. The highest BCUT2D eigenvalue weighted by molar-refractivity contribution is 5.65. The number of nitro benzene ring substituents is 1. The van der Waals surface area contributed by atoms with Crippen molar-refractivity contribution in [1.29, 1.82) is 0 Å². The maximum atomic E-state index is 13.7. The van der Waals surface area contributed by atoms with Gasteiger partial charge in [0.15, 0.2) is 0 Å². The molecule has 7 nitrogen and oxygen atoms in total. The van der Waals surface area contributed by atoms with Gasteiger partial charge in [0, 0.05) is 18.7 Å². The summed E-state index contributed by atoms with van der Waals surface area (Å²) in [5.74, 6) is -0.587. The van der Waals surface area contributed by atoms with Crippen LogP contribution in [-0.4, -0.2) is 23.7 Å². The van der Waals surface area contributed by atoms with Crippen molar-refractivity contribution in [2.45, 2.75) is 6.10 Å². The molecule has 2 N–H and O–H groups in total. The van der Waals surface area contributed by atoms with E-state index in [1.807, 2.05) is 0 Å². The van der Waals surface area contributed by atoms with Crippen molar-refractivity contribution in [1.82, 2.24) is 0 Å². The van der Waals surface area contributed by atoms with Crippen LogP contribution in [0.5, 0.6) is 5.75 Å². The third kappa shape index (κ3) is 3.29. The molecule has 0 amide bonds. The Balaban J connectivity index is 2.22. The van der Waals surface area contributed by atoms with Gasteiger partial charge in [0.25, 0.3) is 0 Å². The summed E-state index contributed by atoms with van der Waals surface area (Å²) in [7, 11) is 1.32. The third-order valence-corrected chi connectivity index (χ3v) is 2.81. The molecule has 0 aliphatic heterocycles. The van der Waals surface area contributed by atoms with Crippen LogP contribution in [0, 0.1) is 15.9 Å². The minimum atomic E-state index is -1.02. The molecular formula is C13H13FN2O5. The Morgan fingerprint density at radius 2 is 2.33 bits per heavy atom. The van der Waals surface area contributed by atoms with Crippen LogP contribution in [0.25, 0.3) is 0 Å². The molecule has 2 aromatic rings. The SMILES string of the molecule is COc1cc(F)c([N+](=O)[O-])c(NC[C@H](O)c2ccco2)c1. The maximum Gasteiger partial charge on any atom is 0.327 e. The van der Waals surface area contributed by atoms with Crippen molar-refractivity contribution in [2.24, 2.45) is 0 Å². The highest BCUT2D eigenvalue weighted by Crippen LogP contribution is 2.32. The molecule has 0 radical (unpaired) electrons. The summed E-state index contributed by atoms with van der Waals surface area (Å²) >= 11 is 0. The fraction of sp³-hybridized carbons (Fsp3) is 0.231. The molecule has 0 aliphatic carbocycles. The molecule has 1 aromatic heterocycles. The summed E-state index contributed by atoms with van der Waals surface area (Å²) in [6.45, 7) is -0.0824. The van der Waals surface area contributed by atoms with Crippen LogP contribution in [0.4, 0.5) is 15.8 Å². The van der Waals surface area contributed by atoms with Gasteiger partial charge in [-0.05, 0) is 12.1 Å². The summed E-state index contributed by atoms with van der Waals surface area (Å²) in [6.07, 6.45) is 0.375. The Labute approximate surface area is 119 Å². The number of anilines is 1. The van der Waals surface area contributed by atoms with Gasteiger partial charge in [-0.15, -0.1) is 0 Å². The molecule has 0 saturated heterocycles. The molecule has 2 rings (SSSR count). The zero-order chi connectivity index (χ0) is 15.4. The zero-order valence-electron chi connectivity index (χ0n) is 11.1. The number of hydrogen-bond acceptors (Lipinski definition) is 6. The van der Waals surface area contributed by atoms with Gasteiger partial charge in [-0.3, -0.25) is 10.1 Å². The van der Waals surface area contributed by atoms with Gasteiger partial charge in [0.1, 0.15) is 23.3 Å². The average molecular weight is 296 g/mol. The topological polar surface area (TPSA) is 97.8 Å². The fourth-order valence-electron chi connectivity index (χ4n) is 1.80. The van der Waals surface area contributed by atoms with Gasteiger partial charge < -0.3 is 19.6 Å². The van der Waals surface area contributed by atoms with E-state index in [9.17, 15) is 19.6 Å². The van der Waals surface area contributed by atoms with E-state index in [0.717, 1.165) is 6.07 Å². The summed E-state index contributed by atoms with van der Waals surface area (Å²) in [5, 5.41) is 23.4. The number of aliphatic hydroxyl groups is 1. The number of nitro groups is 1. The molecule has 0 spiro atoms. The van der Waals surface area contributed by atoms with Crippen LogP contribution in [0.2, 0.25) is 0 Å². The normalized spacial score (nSPS) is 12.0. The second-order valence-corrected chi connectivity index (χ2v) is 4.17. The first-order valence-corrected chi connectivity index (χ1v) is 6.00. The standard InChI is InChI=1S/C13H13FN2O5/c1-20-8-5-9(14)13(16(18)19)10(6-8)15-7-11(17)12-3-2-4-21-12/h2-6,11,15,17H,7H2,1H3/t11-/m0/s1. The van der Waals surface area contributed by atoms with Crippen molar-refractivity contribution in [2.75, 3.05) is 19.0 Å². The van der Waals surface area contributed by atoms with Crippen LogP contribution in [0.3, 0.4) is 0 Å². The predicted molar refractivity (Wildman–Crippen MR) is 71.8 cm³/mol. The Bertz CT molecular complexity index is 630. The Kier molecular flexibility index (Phi) is 4.39. The molecule has 1 aromatic carbocycles. The molecular weight excluding hydrogens is 283 g/mol. The number of aliphatic hydroxyl groups excluding tert-OH is 1. The predicted octanol–water partition coefficient (Wildman–Crippen LogP) is 2.48. The molecule has 0 unspecified atom stereocenters. The van der Waals surface area contributed by atoms with E-state index in [4.69, 9.17) is 9.15 Å². The quantitative estimate of drug-likeness (QED) is 0.627. The fourth-order valence-corrected chi connectivity index (χ4v) is 1.80. The van der Waals surface area contributed by atoms with Crippen LogP contribution >= 0.6 is 0 Å². The number of benzene rings is 1. The Morgan fingerprint density at radius 1 is 1.57 bits per heavy atom. The average Bonchev–Trinajstić information content (AvgIpc) is 2.97. The molecule has 0 bridgehead atoms. The van der Waals surface area contributed by atoms with E-state index >= 15 is 0 Å². The number of halogens is 1. The van der Waals surface area contributed by atoms with Crippen LogP contribution < -0.4 is 10.1 Å². The zero-order valence-corrected chi connectivity index (χ0v) is 11.1. The van der Waals surface area contributed by atoms with E-state index in [0.29, 0.717) is 5.76 Å². The molecule has 1 atom stereocenters. The summed E-state index contributed by atoms with van der Waals surface area (Å²) in [5.41, 5.74) is -0.787. The maximum absolute atomic E-state index is 13.7. The van der Waals surface area contributed by atoms with Crippen molar-refractivity contribution in [3.05, 3.63) is 52.2 Å². The van der Waals surface area contributed by atoms with Gasteiger partial charge in [0.2, 0.25) is 5.82 Å². The molecule has 21 heavy (non-hydrogen) atoms. The van der Waals surface area contributed by atoms with E-state index in [1.165, 1.54) is 19.4 Å². The first-order valence-electron chi connectivity index (χ1n) is 6.00. The molecule has 0 aliphatic rings. The lowest BCUT2D eigenvalue weighted by Gasteiger charge is -2.12. The summed E-state index contributed by atoms with van der Waals surface area (Å²) in [4.78, 5) is 10.1. The number of nitrogens with one attached hydrogen (secondary N) is 1. The van der Waals surface area contributed by atoms with E-state index in [2.05, 4.69) is 5.32 Å². The van der Waals surface area contributed by atoms with Gasteiger partial charge in [-0.25, -0.2) is 0 Å². The molecule has 0 fully saturated rings. The van der Waals surface area contributed by atoms with Crippen molar-refractivity contribution in [3.63, 3.8) is 0 Å². The lowest BCUT2D eigenvalue weighted by Crippen LogP contribution is -2.13. The number of rotatable bonds is 6. The molecule has 112 valence electrons. The lowest BCUT2D eigenvalue weighted by molar-refractivity contribution is -0.386. The third-order valence-electron chi connectivity index (χ3n) is 2.81. The Hall–Kier alpha value is -2.61. The van der Waals surface area contributed by atoms with Crippen LogP contribution in [-0.2, 0) is 0 Å². The summed E-state index contributed by atoms with van der Waals surface area (Å²) < 4.78 is 23.6. The van der Waals surface area contributed by atoms with Crippen molar-refractivity contribution in [3.8, 4) is 5.75 Å². The Morgan fingerprint density at radius 3 is 2.90 bits per heavy atom. The van der Waals surface area contributed by atoms with Gasteiger partial charge in [-0.2, -0.15) is 4.39 Å². The van der Waals surface area contributed by atoms with E-state index < -0.39 is 22.5 Å².